The lowest BCUT2D eigenvalue weighted by Crippen LogP contribution is -2.41. The fraction of sp³-hybridized carbons (Fsp3) is 0.714. The SMILES string of the molecule is CC1=NCC2(CC2)C(=O)N1. The quantitative estimate of drug-likeness (QED) is 0.514. The summed E-state index contributed by atoms with van der Waals surface area (Å²) in [5.41, 5.74) is -0.0699. The Morgan fingerprint density at radius 1 is 1.60 bits per heavy atom. The van der Waals surface area contributed by atoms with E-state index in [1.807, 2.05) is 6.92 Å². The fourth-order valence-electron chi connectivity index (χ4n) is 1.21. The Labute approximate surface area is 59.5 Å². The molecule has 1 saturated carbocycles. The summed E-state index contributed by atoms with van der Waals surface area (Å²) in [4.78, 5) is 15.4. The smallest absolute Gasteiger partial charge is 0.233 e. The molecule has 3 heteroatoms. The highest BCUT2D eigenvalue weighted by molar-refractivity contribution is 6.02. The van der Waals surface area contributed by atoms with E-state index >= 15 is 0 Å². The lowest BCUT2D eigenvalue weighted by molar-refractivity contribution is -0.124. The monoisotopic (exact) mass is 138 g/mol. The highest BCUT2D eigenvalue weighted by Crippen LogP contribution is 2.46. The zero-order chi connectivity index (χ0) is 7.19. The number of hydrogen-bond donors (Lipinski definition) is 1. The number of nitrogens with one attached hydrogen (secondary N) is 1. The molecule has 3 nitrogen and oxygen atoms in total. The van der Waals surface area contributed by atoms with Gasteiger partial charge in [-0.2, -0.15) is 0 Å². The van der Waals surface area contributed by atoms with Gasteiger partial charge < -0.3 is 5.32 Å². The number of aliphatic imine (C=N–C) groups is 1. The molecule has 1 aliphatic carbocycles. The Morgan fingerprint density at radius 2 is 2.30 bits per heavy atom. The molecule has 0 saturated heterocycles. The molecule has 2 rings (SSSR count). The van der Waals surface area contributed by atoms with Gasteiger partial charge in [-0.1, -0.05) is 0 Å². The van der Waals surface area contributed by atoms with Crippen LogP contribution in [-0.4, -0.2) is 18.3 Å². The van der Waals surface area contributed by atoms with E-state index < -0.39 is 0 Å². The Hall–Kier alpha value is -0.860. The van der Waals surface area contributed by atoms with E-state index in [4.69, 9.17) is 0 Å². The third-order valence-corrected chi connectivity index (χ3v) is 2.25. The fourth-order valence-corrected chi connectivity index (χ4v) is 1.21. The van der Waals surface area contributed by atoms with Crippen LogP contribution in [0.1, 0.15) is 19.8 Å². The molecule has 2 aliphatic rings. The summed E-state index contributed by atoms with van der Waals surface area (Å²) in [6.07, 6.45) is 2.05. The van der Waals surface area contributed by atoms with Crippen molar-refractivity contribution >= 4 is 11.7 Å². The number of amidine groups is 1. The maximum atomic E-state index is 11.2. The molecule has 1 aliphatic heterocycles. The maximum absolute atomic E-state index is 11.2. The van der Waals surface area contributed by atoms with Gasteiger partial charge >= 0.3 is 0 Å². The van der Waals surface area contributed by atoms with Gasteiger partial charge in [0.05, 0.1) is 17.8 Å². The molecule has 0 unspecified atom stereocenters. The van der Waals surface area contributed by atoms with Crippen molar-refractivity contribution in [3.63, 3.8) is 0 Å². The lowest BCUT2D eigenvalue weighted by Gasteiger charge is -2.18. The third kappa shape index (κ3) is 0.664. The molecule has 0 aromatic carbocycles. The molecule has 1 N–H and O–H groups in total. The van der Waals surface area contributed by atoms with Crippen LogP contribution in [0.4, 0.5) is 0 Å². The minimum absolute atomic E-state index is 0.0699. The zero-order valence-electron chi connectivity index (χ0n) is 5.98. The highest BCUT2D eigenvalue weighted by Gasteiger charge is 2.51. The summed E-state index contributed by atoms with van der Waals surface area (Å²) >= 11 is 0. The molecular weight excluding hydrogens is 128 g/mol. The Morgan fingerprint density at radius 3 is 2.80 bits per heavy atom. The molecular formula is C7H10N2O. The summed E-state index contributed by atoms with van der Waals surface area (Å²) in [6, 6.07) is 0. The van der Waals surface area contributed by atoms with E-state index in [0.717, 1.165) is 18.7 Å². The molecule has 54 valence electrons. The van der Waals surface area contributed by atoms with Crippen LogP contribution in [0.25, 0.3) is 0 Å². The second kappa shape index (κ2) is 1.59. The standard InChI is InChI=1S/C7H10N2O/c1-5-8-4-7(2-3-7)6(10)9-5/h2-4H2,1H3,(H,8,9,10). The van der Waals surface area contributed by atoms with Gasteiger partial charge in [0, 0.05) is 0 Å². The molecule has 1 heterocycles. The van der Waals surface area contributed by atoms with Crippen molar-refractivity contribution in [3.05, 3.63) is 0 Å². The molecule has 0 radical (unpaired) electrons. The Bertz CT molecular complexity index is 216. The molecule has 0 aromatic heterocycles. The molecule has 0 bridgehead atoms. The van der Waals surface area contributed by atoms with E-state index in [-0.39, 0.29) is 11.3 Å². The number of nitrogens with zero attached hydrogens (tertiary/aromatic N) is 1. The van der Waals surface area contributed by atoms with Crippen LogP contribution in [0.5, 0.6) is 0 Å². The van der Waals surface area contributed by atoms with Gasteiger partial charge in [0.25, 0.3) is 0 Å². The lowest BCUT2D eigenvalue weighted by atomic mass is 10.1. The van der Waals surface area contributed by atoms with Crippen molar-refractivity contribution < 1.29 is 4.79 Å². The summed E-state index contributed by atoms with van der Waals surface area (Å²) in [5, 5.41) is 2.74. The normalized spacial score (nSPS) is 27.7. The van der Waals surface area contributed by atoms with E-state index in [9.17, 15) is 4.79 Å². The summed E-state index contributed by atoms with van der Waals surface area (Å²) in [7, 11) is 0. The van der Waals surface area contributed by atoms with E-state index in [1.54, 1.807) is 0 Å². The summed E-state index contributed by atoms with van der Waals surface area (Å²) in [5.74, 6) is 0.947. The van der Waals surface area contributed by atoms with Crippen molar-refractivity contribution in [2.24, 2.45) is 10.4 Å². The molecule has 1 spiro atoms. The topological polar surface area (TPSA) is 41.5 Å². The average Bonchev–Trinajstić information content (AvgIpc) is 2.62. The first kappa shape index (κ1) is 5.89. The first-order valence-corrected chi connectivity index (χ1v) is 3.55. The predicted octanol–water partition coefficient (Wildman–Crippen LogP) is 0.315. The summed E-state index contributed by atoms with van der Waals surface area (Å²) < 4.78 is 0. The van der Waals surface area contributed by atoms with Crippen LogP contribution in [0.15, 0.2) is 4.99 Å². The van der Waals surface area contributed by atoms with Crippen molar-refractivity contribution in [1.29, 1.82) is 0 Å². The van der Waals surface area contributed by atoms with Crippen LogP contribution in [0.2, 0.25) is 0 Å². The van der Waals surface area contributed by atoms with E-state index in [0.29, 0.717) is 6.54 Å². The van der Waals surface area contributed by atoms with Crippen LogP contribution in [0.3, 0.4) is 0 Å². The Kier molecular flexibility index (Phi) is 0.938. The maximum Gasteiger partial charge on any atom is 0.233 e. The second-order valence-corrected chi connectivity index (χ2v) is 3.14. The van der Waals surface area contributed by atoms with Gasteiger partial charge in [0.2, 0.25) is 5.91 Å². The molecule has 10 heavy (non-hydrogen) atoms. The van der Waals surface area contributed by atoms with Gasteiger partial charge in [-0.05, 0) is 19.8 Å². The minimum Gasteiger partial charge on any atom is -0.314 e. The first-order chi connectivity index (χ1) is 4.73. The van der Waals surface area contributed by atoms with Gasteiger partial charge in [0.15, 0.2) is 0 Å². The van der Waals surface area contributed by atoms with Crippen molar-refractivity contribution in [1.82, 2.24) is 5.32 Å². The zero-order valence-corrected chi connectivity index (χ0v) is 5.98. The molecule has 0 aromatic rings. The van der Waals surface area contributed by atoms with E-state index in [2.05, 4.69) is 10.3 Å². The van der Waals surface area contributed by atoms with Crippen LogP contribution in [0, 0.1) is 5.41 Å². The van der Waals surface area contributed by atoms with Gasteiger partial charge in [-0.15, -0.1) is 0 Å². The van der Waals surface area contributed by atoms with Crippen LogP contribution in [-0.2, 0) is 4.79 Å². The van der Waals surface area contributed by atoms with Crippen LogP contribution >= 0.6 is 0 Å². The number of amides is 1. The van der Waals surface area contributed by atoms with E-state index in [1.165, 1.54) is 0 Å². The van der Waals surface area contributed by atoms with Crippen molar-refractivity contribution in [2.45, 2.75) is 19.8 Å². The molecule has 1 fully saturated rings. The highest BCUT2D eigenvalue weighted by atomic mass is 16.2. The summed E-state index contributed by atoms with van der Waals surface area (Å²) in [6.45, 7) is 2.54. The van der Waals surface area contributed by atoms with Gasteiger partial charge in [-0.3, -0.25) is 9.79 Å². The molecule has 1 amide bonds. The predicted molar refractivity (Wildman–Crippen MR) is 37.8 cm³/mol. The number of carbonyl (C=O) groups excluding carboxylic acids is 1. The Balaban J connectivity index is 2.23. The van der Waals surface area contributed by atoms with Gasteiger partial charge in [0.1, 0.15) is 0 Å². The van der Waals surface area contributed by atoms with Crippen LogP contribution < -0.4 is 5.32 Å². The second-order valence-electron chi connectivity index (χ2n) is 3.14. The minimum atomic E-state index is -0.0699. The van der Waals surface area contributed by atoms with Crippen molar-refractivity contribution in [2.75, 3.05) is 6.54 Å². The number of carbonyl (C=O) groups is 1. The number of rotatable bonds is 0. The largest absolute Gasteiger partial charge is 0.314 e. The average molecular weight is 138 g/mol. The molecule has 0 atom stereocenters. The van der Waals surface area contributed by atoms with Gasteiger partial charge in [-0.25, -0.2) is 0 Å². The first-order valence-electron chi connectivity index (χ1n) is 3.55. The van der Waals surface area contributed by atoms with Crippen molar-refractivity contribution in [3.8, 4) is 0 Å². The number of hydrogen-bond acceptors (Lipinski definition) is 2. The third-order valence-electron chi connectivity index (χ3n) is 2.25.